The van der Waals surface area contributed by atoms with Gasteiger partial charge in [-0.05, 0) is 32.1 Å². The van der Waals surface area contributed by atoms with Gasteiger partial charge in [0.05, 0.1) is 11.0 Å². The van der Waals surface area contributed by atoms with Crippen molar-refractivity contribution in [3.05, 3.63) is 61.0 Å². The molecule has 0 N–H and O–H groups in total. The van der Waals surface area contributed by atoms with Crippen molar-refractivity contribution in [2.75, 3.05) is 0 Å². The van der Waals surface area contributed by atoms with Crippen LogP contribution < -0.4 is 0 Å². The van der Waals surface area contributed by atoms with E-state index in [9.17, 15) is 0 Å². The van der Waals surface area contributed by atoms with Gasteiger partial charge in [0, 0.05) is 5.70 Å². The lowest BCUT2D eigenvalue weighted by Gasteiger charge is -2.05. The van der Waals surface area contributed by atoms with Crippen molar-refractivity contribution in [3.63, 3.8) is 0 Å². The molecule has 2 aromatic rings. The highest BCUT2D eigenvalue weighted by molar-refractivity contribution is 5.81. The lowest BCUT2D eigenvalue weighted by molar-refractivity contribution is 1.03. The minimum Gasteiger partial charge on any atom is -0.297 e. The summed E-state index contributed by atoms with van der Waals surface area (Å²) in [6.45, 7) is 8.07. The molecule has 0 amide bonds. The van der Waals surface area contributed by atoms with Crippen LogP contribution >= 0.6 is 0 Å². The molecule has 0 bridgehead atoms. The summed E-state index contributed by atoms with van der Waals surface area (Å²) in [7, 11) is 0. The number of imidazole rings is 1. The number of aromatic nitrogens is 2. The maximum Gasteiger partial charge on any atom is 0.111 e. The third-order valence-electron chi connectivity index (χ3n) is 2.61. The van der Waals surface area contributed by atoms with E-state index < -0.39 is 0 Å². The average Bonchev–Trinajstić information content (AvgIpc) is 2.65. The fourth-order valence-corrected chi connectivity index (χ4v) is 1.86. The molecule has 0 unspecified atom stereocenters. The van der Waals surface area contributed by atoms with E-state index in [0.29, 0.717) is 0 Å². The molecule has 0 aliphatic heterocycles. The summed E-state index contributed by atoms with van der Waals surface area (Å²) >= 11 is 0. The summed E-state index contributed by atoms with van der Waals surface area (Å²) < 4.78 is 2.06. The standard InChI is InChI=1S/C15H16N2/c1-4-5-6-9-12(2)17-13(3)16-14-10-7-8-11-15(14)17/h4-11H,2H2,1,3H3/b5-4-,9-6-. The Hall–Kier alpha value is -2.09. The van der Waals surface area contributed by atoms with E-state index in [1.165, 1.54) is 0 Å². The minimum atomic E-state index is 0.925. The molecule has 0 aliphatic carbocycles. The van der Waals surface area contributed by atoms with Crippen LogP contribution in [-0.2, 0) is 0 Å². The zero-order chi connectivity index (χ0) is 12.3. The third kappa shape index (κ3) is 2.21. The fraction of sp³-hybridized carbons (Fsp3) is 0.133. The highest BCUT2D eigenvalue weighted by Gasteiger charge is 2.06. The van der Waals surface area contributed by atoms with Gasteiger partial charge in [-0.15, -0.1) is 0 Å². The summed E-state index contributed by atoms with van der Waals surface area (Å²) in [5, 5.41) is 0. The smallest absolute Gasteiger partial charge is 0.111 e. The Bertz CT molecular complexity index is 600. The van der Waals surface area contributed by atoms with Crippen LogP contribution in [0.4, 0.5) is 0 Å². The van der Waals surface area contributed by atoms with Gasteiger partial charge in [-0.1, -0.05) is 36.9 Å². The molecule has 0 saturated heterocycles. The van der Waals surface area contributed by atoms with E-state index in [-0.39, 0.29) is 0 Å². The van der Waals surface area contributed by atoms with Crippen molar-refractivity contribution < 1.29 is 0 Å². The number of aryl methyl sites for hydroxylation is 1. The molecule has 0 fully saturated rings. The molecular formula is C15H16N2. The van der Waals surface area contributed by atoms with Gasteiger partial charge in [0.1, 0.15) is 5.82 Å². The van der Waals surface area contributed by atoms with Gasteiger partial charge in [-0.25, -0.2) is 4.98 Å². The minimum absolute atomic E-state index is 0.925. The molecule has 0 spiro atoms. The Morgan fingerprint density at radius 2 is 2.06 bits per heavy atom. The van der Waals surface area contributed by atoms with Gasteiger partial charge in [-0.2, -0.15) is 0 Å². The van der Waals surface area contributed by atoms with Crippen molar-refractivity contribution in [1.82, 2.24) is 9.55 Å². The van der Waals surface area contributed by atoms with Crippen molar-refractivity contribution >= 4 is 16.7 Å². The van der Waals surface area contributed by atoms with Crippen LogP contribution in [0.1, 0.15) is 12.7 Å². The number of fused-ring (bicyclic) bond motifs is 1. The van der Waals surface area contributed by atoms with E-state index in [4.69, 9.17) is 0 Å². The van der Waals surface area contributed by atoms with E-state index in [1.54, 1.807) is 0 Å². The van der Waals surface area contributed by atoms with Crippen molar-refractivity contribution in [3.8, 4) is 0 Å². The molecule has 0 atom stereocenters. The molecule has 1 aromatic heterocycles. The van der Waals surface area contributed by atoms with Crippen LogP contribution in [0.5, 0.6) is 0 Å². The highest BCUT2D eigenvalue weighted by atomic mass is 15.1. The maximum atomic E-state index is 4.51. The molecule has 2 nitrogen and oxygen atoms in total. The highest BCUT2D eigenvalue weighted by Crippen LogP contribution is 2.19. The second kappa shape index (κ2) is 4.83. The van der Waals surface area contributed by atoms with Crippen LogP contribution in [0, 0.1) is 6.92 Å². The lowest BCUT2D eigenvalue weighted by atomic mass is 10.3. The Morgan fingerprint density at radius 1 is 1.29 bits per heavy atom. The Labute approximate surface area is 102 Å². The Kier molecular flexibility index (Phi) is 3.24. The van der Waals surface area contributed by atoms with Gasteiger partial charge >= 0.3 is 0 Å². The summed E-state index contributed by atoms with van der Waals surface area (Å²) in [6.07, 6.45) is 7.94. The predicted molar refractivity (Wildman–Crippen MR) is 73.8 cm³/mol. The predicted octanol–water partition coefficient (Wildman–Crippen LogP) is 3.95. The second-order valence-electron chi connectivity index (χ2n) is 3.86. The number of para-hydroxylation sites is 2. The molecular weight excluding hydrogens is 208 g/mol. The van der Waals surface area contributed by atoms with E-state index >= 15 is 0 Å². The molecule has 2 rings (SSSR count). The van der Waals surface area contributed by atoms with Crippen LogP contribution in [-0.4, -0.2) is 9.55 Å². The number of benzene rings is 1. The number of allylic oxidation sites excluding steroid dienone is 5. The van der Waals surface area contributed by atoms with E-state index in [2.05, 4.69) is 22.2 Å². The number of nitrogens with zero attached hydrogens (tertiary/aromatic N) is 2. The molecule has 0 radical (unpaired) electrons. The van der Waals surface area contributed by atoms with Gasteiger partial charge in [0.25, 0.3) is 0 Å². The first-order chi connectivity index (χ1) is 8.24. The monoisotopic (exact) mass is 224 g/mol. The van der Waals surface area contributed by atoms with E-state index in [1.807, 2.05) is 56.4 Å². The third-order valence-corrected chi connectivity index (χ3v) is 2.61. The average molecular weight is 224 g/mol. The van der Waals surface area contributed by atoms with Crippen LogP contribution in [0.3, 0.4) is 0 Å². The van der Waals surface area contributed by atoms with Crippen molar-refractivity contribution in [2.24, 2.45) is 0 Å². The van der Waals surface area contributed by atoms with Crippen LogP contribution in [0.25, 0.3) is 16.7 Å². The first kappa shape index (κ1) is 11.4. The van der Waals surface area contributed by atoms with Crippen molar-refractivity contribution in [2.45, 2.75) is 13.8 Å². The Balaban J connectivity index is 2.47. The first-order valence-corrected chi connectivity index (χ1v) is 5.66. The Morgan fingerprint density at radius 3 is 2.82 bits per heavy atom. The molecule has 86 valence electrons. The van der Waals surface area contributed by atoms with Crippen LogP contribution in [0.2, 0.25) is 0 Å². The molecule has 1 heterocycles. The van der Waals surface area contributed by atoms with Gasteiger partial charge in [0.2, 0.25) is 0 Å². The molecule has 0 saturated carbocycles. The number of hydrogen-bond donors (Lipinski definition) is 0. The SMILES string of the molecule is C=C(/C=C\C=C/C)n1c(C)nc2ccccc21. The zero-order valence-corrected chi connectivity index (χ0v) is 10.2. The fourth-order valence-electron chi connectivity index (χ4n) is 1.86. The first-order valence-electron chi connectivity index (χ1n) is 5.66. The molecule has 17 heavy (non-hydrogen) atoms. The van der Waals surface area contributed by atoms with Gasteiger partial charge < -0.3 is 0 Å². The summed E-state index contributed by atoms with van der Waals surface area (Å²) in [5.74, 6) is 0.960. The largest absolute Gasteiger partial charge is 0.297 e. The summed E-state index contributed by atoms with van der Waals surface area (Å²) in [4.78, 5) is 4.51. The normalized spacial score (nSPS) is 11.9. The number of hydrogen-bond acceptors (Lipinski definition) is 1. The van der Waals surface area contributed by atoms with Gasteiger partial charge in [0.15, 0.2) is 0 Å². The molecule has 2 heteroatoms. The van der Waals surface area contributed by atoms with Crippen molar-refractivity contribution in [1.29, 1.82) is 0 Å². The molecule has 0 aliphatic rings. The second-order valence-corrected chi connectivity index (χ2v) is 3.86. The summed E-state index contributed by atoms with van der Waals surface area (Å²) in [5.41, 5.74) is 3.03. The van der Waals surface area contributed by atoms with E-state index in [0.717, 1.165) is 22.6 Å². The zero-order valence-electron chi connectivity index (χ0n) is 10.2. The topological polar surface area (TPSA) is 17.8 Å². The number of rotatable bonds is 3. The molecule has 1 aromatic carbocycles. The van der Waals surface area contributed by atoms with Crippen LogP contribution in [0.15, 0.2) is 55.1 Å². The van der Waals surface area contributed by atoms with Gasteiger partial charge in [-0.3, -0.25) is 4.57 Å². The quantitative estimate of drug-likeness (QED) is 0.722. The summed E-state index contributed by atoms with van der Waals surface area (Å²) in [6, 6.07) is 8.09. The lowest BCUT2D eigenvalue weighted by Crippen LogP contribution is -1.95. The maximum absolute atomic E-state index is 4.51.